The van der Waals surface area contributed by atoms with Gasteiger partial charge in [-0.1, -0.05) is 57.3 Å². The zero-order valence-electron chi connectivity index (χ0n) is 21.7. The molecular weight excluding hydrogens is 441 g/mol. The molecule has 3 N–H and O–H groups in total. The van der Waals surface area contributed by atoms with Crippen LogP contribution >= 0.6 is 11.6 Å². The number of ether oxygens (including phenoxy) is 1. The minimum absolute atomic E-state index is 0.124. The summed E-state index contributed by atoms with van der Waals surface area (Å²) in [5, 5.41) is 3.31. The minimum Gasteiger partial charge on any atom is -0.385 e. The fraction of sp³-hybridized carbons (Fsp3) is 0.731. The third-order valence-electron chi connectivity index (χ3n) is 5.60. The number of hydrogen-bond donors (Lipinski definition) is 2. The first-order valence-corrected chi connectivity index (χ1v) is 12.5. The Morgan fingerprint density at radius 1 is 1.18 bits per heavy atom. The van der Waals surface area contributed by atoms with E-state index in [0.29, 0.717) is 24.1 Å². The molecule has 0 bridgehead atoms. The highest BCUT2D eigenvalue weighted by Gasteiger charge is 2.17. The van der Waals surface area contributed by atoms with E-state index in [1.165, 1.54) is 17.7 Å². The number of nitrogens with one attached hydrogen (secondary N) is 1. The second kappa shape index (κ2) is 18.0. The maximum atomic E-state index is 14.3. The number of carbonyl (C=O) groups excluding carboxylic acids is 1. The van der Waals surface area contributed by atoms with Gasteiger partial charge in [-0.2, -0.15) is 0 Å². The fourth-order valence-electron chi connectivity index (χ4n) is 3.57. The number of nitrogens with zero attached hydrogens (tertiary/aromatic N) is 1. The van der Waals surface area contributed by atoms with E-state index in [2.05, 4.69) is 26.1 Å². The van der Waals surface area contributed by atoms with Gasteiger partial charge in [0.1, 0.15) is 5.82 Å². The predicted molar refractivity (Wildman–Crippen MR) is 139 cm³/mol. The first-order chi connectivity index (χ1) is 15.5. The number of primary amides is 1. The number of rotatable bonds is 14. The van der Waals surface area contributed by atoms with Gasteiger partial charge in [-0.3, -0.25) is 0 Å². The van der Waals surface area contributed by atoms with Crippen molar-refractivity contribution >= 4 is 17.6 Å². The summed E-state index contributed by atoms with van der Waals surface area (Å²) in [5.74, 6) is -0.190. The predicted octanol–water partition coefficient (Wildman–Crippen LogP) is 6.59. The number of urea groups is 1. The summed E-state index contributed by atoms with van der Waals surface area (Å²) < 4.78 is 19.4. The van der Waals surface area contributed by atoms with Crippen molar-refractivity contribution in [3.05, 3.63) is 34.6 Å². The van der Waals surface area contributed by atoms with E-state index in [1.54, 1.807) is 26.3 Å². The van der Waals surface area contributed by atoms with E-state index in [4.69, 9.17) is 22.1 Å². The number of methoxy groups -OCH3 is 1. The van der Waals surface area contributed by atoms with Crippen molar-refractivity contribution in [2.24, 2.45) is 11.1 Å². The molecule has 0 saturated heterocycles. The minimum atomic E-state index is -0.424. The third-order valence-corrected chi connectivity index (χ3v) is 5.89. The average Bonchev–Trinajstić information content (AvgIpc) is 2.74. The van der Waals surface area contributed by atoms with Crippen LogP contribution in [0.5, 0.6) is 0 Å². The highest BCUT2D eigenvalue weighted by molar-refractivity contribution is 6.30. The first kappa shape index (κ1) is 31.6. The highest BCUT2D eigenvalue weighted by atomic mass is 35.5. The standard InChI is InChI=1S/C18H28ClFN2O2.C8H19N/c1-22(18(21)23)12-5-3-8-14(9-4-6-13-24-2)15-10-7-11-16(19)17(15)20;1-8(2,3)6-5-7-9-4/h7,10-11,14H,3-6,8-9,12-13H2,1-2H3,(H2,21,23);9H,5-7H2,1-4H3. The highest BCUT2D eigenvalue weighted by Crippen LogP contribution is 2.32. The third kappa shape index (κ3) is 16.0. The van der Waals surface area contributed by atoms with Gasteiger partial charge < -0.3 is 20.7 Å². The quantitative estimate of drug-likeness (QED) is 0.291. The molecule has 0 aliphatic rings. The number of carbonyl (C=O) groups is 1. The number of nitrogens with two attached hydrogens (primary N) is 1. The normalized spacial score (nSPS) is 12.1. The maximum absolute atomic E-state index is 14.3. The summed E-state index contributed by atoms with van der Waals surface area (Å²) in [4.78, 5) is 12.5. The molecule has 2 amide bonds. The molecule has 0 radical (unpaired) electrons. The van der Waals surface area contributed by atoms with Crippen LogP contribution in [0.3, 0.4) is 0 Å². The molecule has 1 aromatic rings. The molecule has 1 atom stereocenters. The molecule has 0 heterocycles. The Hall–Kier alpha value is -1.37. The number of hydrogen-bond acceptors (Lipinski definition) is 3. The molecule has 7 heteroatoms. The average molecular weight is 488 g/mol. The van der Waals surface area contributed by atoms with Crippen LogP contribution in [0.25, 0.3) is 0 Å². The molecule has 33 heavy (non-hydrogen) atoms. The second-order valence-electron chi connectivity index (χ2n) is 9.85. The van der Waals surface area contributed by atoms with Crippen molar-refractivity contribution in [3.63, 3.8) is 0 Å². The van der Waals surface area contributed by atoms with Crippen LogP contribution in [0.4, 0.5) is 9.18 Å². The zero-order chi connectivity index (χ0) is 25.3. The summed E-state index contributed by atoms with van der Waals surface area (Å²) in [6, 6.07) is 4.76. The number of benzene rings is 1. The van der Waals surface area contributed by atoms with E-state index in [-0.39, 0.29) is 16.8 Å². The summed E-state index contributed by atoms with van der Waals surface area (Å²) in [6.45, 7) is 9.32. The molecule has 0 aliphatic carbocycles. The molecule has 1 rings (SSSR count). The lowest BCUT2D eigenvalue weighted by atomic mass is 9.88. The monoisotopic (exact) mass is 487 g/mol. The molecule has 192 valence electrons. The van der Waals surface area contributed by atoms with Crippen LogP contribution < -0.4 is 11.1 Å². The van der Waals surface area contributed by atoms with Gasteiger partial charge in [0.15, 0.2) is 0 Å². The SMILES string of the molecule is CNCCCC(C)(C)C.COCCCCC(CCCCN(C)C(N)=O)c1cccc(Cl)c1F. The van der Waals surface area contributed by atoms with Gasteiger partial charge in [0.2, 0.25) is 0 Å². The Morgan fingerprint density at radius 3 is 2.36 bits per heavy atom. The van der Waals surface area contributed by atoms with Gasteiger partial charge in [0.25, 0.3) is 0 Å². The van der Waals surface area contributed by atoms with Crippen LogP contribution in [0, 0.1) is 11.2 Å². The molecule has 5 nitrogen and oxygen atoms in total. The molecule has 0 fully saturated rings. The Bertz CT molecular complexity index is 653. The largest absolute Gasteiger partial charge is 0.385 e. The number of amides is 2. The lowest BCUT2D eigenvalue weighted by molar-refractivity contribution is 0.191. The molecule has 1 aromatic carbocycles. The van der Waals surface area contributed by atoms with Gasteiger partial charge in [0.05, 0.1) is 5.02 Å². The van der Waals surface area contributed by atoms with Crippen LogP contribution in [0.1, 0.15) is 83.6 Å². The topological polar surface area (TPSA) is 67.6 Å². The van der Waals surface area contributed by atoms with Gasteiger partial charge in [-0.05, 0) is 75.1 Å². The van der Waals surface area contributed by atoms with E-state index >= 15 is 0 Å². The van der Waals surface area contributed by atoms with E-state index in [9.17, 15) is 9.18 Å². The molecule has 0 aliphatic heterocycles. The molecule has 1 unspecified atom stereocenters. The van der Waals surface area contributed by atoms with E-state index < -0.39 is 6.03 Å². The number of halogens is 2. The molecule has 0 saturated carbocycles. The van der Waals surface area contributed by atoms with Crippen molar-refractivity contribution in [1.29, 1.82) is 0 Å². The van der Waals surface area contributed by atoms with Crippen molar-refractivity contribution in [2.75, 3.05) is 40.9 Å². The fourth-order valence-corrected chi connectivity index (χ4v) is 3.76. The Labute approximate surface area is 206 Å². The van der Waals surface area contributed by atoms with Gasteiger partial charge in [0, 0.05) is 27.3 Å². The van der Waals surface area contributed by atoms with Crippen molar-refractivity contribution < 1.29 is 13.9 Å². The summed E-state index contributed by atoms with van der Waals surface area (Å²) in [5.41, 5.74) is 6.40. The van der Waals surface area contributed by atoms with Gasteiger partial charge in [-0.15, -0.1) is 0 Å². The summed E-state index contributed by atoms with van der Waals surface area (Å²) >= 11 is 5.93. The van der Waals surface area contributed by atoms with Crippen LogP contribution in [0.15, 0.2) is 18.2 Å². The first-order valence-electron chi connectivity index (χ1n) is 12.1. The lowest BCUT2D eigenvalue weighted by Gasteiger charge is -2.20. The van der Waals surface area contributed by atoms with Crippen molar-refractivity contribution in [3.8, 4) is 0 Å². The van der Waals surface area contributed by atoms with Crippen molar-refractivity contribution in [2.45, 2.75) is 78.1 Å². The van der Waals surface area contributed by atoms with Crippen molar-refractivity contribution in [1.82, 2.24) is 10.2 Å². The maximum Gasteiger partial charge on any atom is 0.314 e. The van der Waals surface area contributed by atoms with Crippen LogP contribution in [0.2, 0.25) is 5.02 Å². The van der Waals surface area contributed by atoms with Crippen LogP contribution in [-0.4, -0.2) is 51.8 Å². The molecular formula is C26H47ClFN3O2. The molecule has 0 spiro atoms. The smallest absolute Gasteiger partial charge is 0.314 e. The molecule has 0 aromatic heterocycles. The Balaban J connectivity index is 0.000000960. The van der Waals surface area contributed by atoms with Gasteiger partial charge in [-0.25, -0.2) is 9.18 Å². The van der Waals surface area contributed by atoms with E-state index in [1.807, 2.05) is 13.1 Å². The summed E-state index contributed by atoms with van der Waals surface area (Å²) in [6.07, 6.45) is 8.04. The Morgan fingerprint density at radius 2 is 1.82 bits per heavy atom. The second-order valence-corrected chi connectivity index (χ2v) is 10.3. The summed E-state index contributed by atoms with van der Waals surface area (Å²) in [7, 11) is 5.37. The lowest BCUT2D eigenvalue weighted by Crippen LogP contribution is -2.32. The van der Waals surface area contributed by atoms with Gasteiger partial charge >= 0.3 is 6.03 Å². The zero-order valence-corrected chi connectivity index (χ0v) is 22.4. The number of unbranched alkanes of at least 4 members (excludes halogenated alkanes) is 2. The van der Waals surface area contributed by atoms with E-state index in [0.717, 1.165) is 45.1 Å². The van der Waals surface area contributed by atoms with Crippen LogP contribution in [-0.2, 0) is 4.74 Å². The Kier molecular flexibility index (Phi) is 17.3.